The zero-order valence-electron chi connectivity index (χ0n) is 33.4. The van der Waals surface area contributed by atoms with Gasteiger partial charge < -0.3 is 65.1 Å². The van der Waals surface area contributed by atoms with Crippen molar-refractivity contribution in [1.29, 1.82) is 0 Å². The molecule has 15 heteroatoms. The van der Waals surface area contributed by atoms with Crippen LogP contribution in [0.25, 0.3) is 0 Å². The number of aliphatic hydroxyl groups excluding tert-OH is 8. The molecule has 54 heavy (non-hydrogen) atoms. The van der Waals surface area contributed by atoms with Crippen molar-refractivity contribution >= 4 is 11.9 Å². The number of amides is 1. The number of carbonyl (C=O) groups is 2. The van der Waals surface area contributed by atoms with Crippen molar-refractivity contribution < 1.29 is 94.6 Å². The van der Waals surface area contributed by atoms with Gasteiger partial charge in [0.05, 0.1) is 13.2 Å². The molecule has 0 aliphatic carbocycles. The SMILES string of the molecule is CCCCCCCCCCCCCCCC(=O)N(CCCCCCCCCCC(=O)[O-])CC(O)C(O)C(O[C@@H]1O[C@H](CO)[C@H](O)[C@H](O)[C@H]1O)C(O)CO.[Na+]. The van der Waals surface area contributed by atoms with Crippen LogP contribution in [-0.4, -0.2) is 139 Å². The quantitative estimate of drug-likeness (QED) is 0.0284. The van der Waals surface area contributed by atoms with Crippen LogP contribution in [0, 0.1) is 0 Å². The van der Waals surface area contributed by atoms with Crippen LogP contribution in [0.1, 0.15) is 155 Å². The van der Waals surface area contributed by atoms with Crippen molar-refractivity contribution in [3.63, 3.8) is 0 Å². The third kappa shape index (κ3) is 23.1. The molecule has 0 aromatic carbocycles. The number of rotatable bonds is 34. The van der Waals surface area contributed by atoms with Crippen LogP contribution in [-0.2, 0) is 19.1 Å². The molecule has 8 N–H and O–H groups in total. The first kappa shape index (κ1) is 53.5. The van der Waals surface area contributed by atoms with E-state index in [0.29, 0.717) is 25.8 Å². The van der Waals surface area contributed by atoms with Crippen LogP contribution in [0.15, 0.2) is 0 Å². The Morgan fingerprint density at radius 2 is 1.13 bits per heavy atom. The summed E-state index contributed by atoms with van der Waals surface area (Å²) in [5.74, 6) is -1.21. The topological polar surface area (TPSA) is 241 Å². The fourth-order valence-electron chi connectivity index (χ4n) is 6.79. The van der Waals surface area contributed by atoms with Gasteiger partial charge in [-0.2, -0.15) is 0 Å². The Bertz CT molecular complexity index is 920. The molecule has 0 saturated carbocycles. The van der Waals surface area contributed by atoms with E-state index < -0.39 is 74.3 Å². The molecular formula is C39H74NNaO13. The normalized spacial score (nSPS) is 22.3. The first-order valence-electron chi connectivity index (χ1n) is 20.6. The summed E-state index contributed by atoms with van der Waals surface area (Å²) in [6.07, 6.45) is 7.01. The molecular weight excluding hydrogens is 713 g/mol. The predicted octanol–water partition coefficient (Wildman–Crippen LogP) is -1.18. The van der Waals surface area contributed by atoms with Gasteiger partial charge in [0.2, 0.25) is 5.91 Å². The van der Waals surface area contributed by atoms with Crippen LogP contribution in [0.3, 0.4) is 0 Å². The fourth-order valence-corrected chi connectivity index (χ4v) is 6.79. The molecule has 0 spiro atoms. The summed E-state index contributed by atoms with van der Waals surface area (Å²) in [5.41, 5.74) is 0. The van der Waals surface area contributed by atoms with Crippen molar-refractivity contribution in [3.05, 3.63) is 0 Å². The number of aliphatic carboxylic acids is 1. The second-order valence-corrected chi connectivity index (χ2v) is 14.9. The van der Waals surface area contributed by atoms with Crippen LogP contribution in [0.5, 0.6) is 0 Å². The summed E-state index contributed by atoms with van der Waals surface area (Å²) in [5, 5.41) is 93.1. The molecule has 14 nitrogen and oxygen atoms in total. The van der Waals surface area contributed by atoms with Gasteiger partial charge in [-0.1, -0.05) is 122 Å². The van der Waals surface area contributed by atoms with E-state index in [1.54, 1.807) is 0 Å². The summed E-state index contributed by atoms with van der Waals surface area (Å²) >= 11 is 0. The summed E-state index contributed by atoms with van der Waals surface area (Å²) in [4.78, 5) is 25.5. The number of carboxylic acid groups (broad SMARTS) is 1. The molecule has 1 rings (SSSR count). The maximum atomic E-state index is 13.4. The zero-order valence-corrected chi connectivity index (χ0v) is 35.4. The van der Waals surface area contributed by atoms with E-state index in [1.165, 1.54) is 62.7 Å². The molecule has 1 fully saturated rings. The second-order valence-electron chi connectivity index (χ2n) is 14.9. The number of hydrogen-bond donors (Lipinski definition) is 8. The van der Waals surface area contributed by atoms with E-state index in [2.05, 4.69) is 6.92 Å². The molecule has 314 valence electrons. The number of aliphatic hydroxyl groups is 8. The average molecular weight is 788 g/mol. The minimum absolute atomic E-state index is 0. The Morgan fingerprint density at radius 3 is 1.59 bits per heavy atom. The van der Waals surface area contributed by atoms with E-state index in [9.17, 15) is 55.5 Å². The summed E-state index contributed by atoms with van der Waals surface area (Å²) in [7, 11) is 0. The van der Waals surface area contributed by atoms with E-state index >= 15 is 0 Å². The van der Waals surface area contributed by atoms with Gasteiger partial charge in [-0.15, -0.1) is 0 Å². The Balaban J connectivity index is 0.0000281. The van der Waals surface area contributed by atoms with Crippen molar-refractivity contribution in [3.8, 4) is 0 Å². The molecule has 1 heterocycles. The van der Waals surface area contributed by atoms with Gasteiger partial charge >= 0.3 is 29.6 Å². The van der Waals surface area contributed by atoms with Crippen LogP contribution in [0.2, 0.25) is 0 Å². The maximum Gasteiger partial charge on any atom is 1.00 e. The van der Waals surface area contributed by atoms with E-state index in [1.807, 2.05) is 0 Å². The Kier molecular flexibility index (Phi) is 33.2. The minimum Gasteiger partial charge on any atom is -0.550 e. The summed E-state index contributed by atoms with van der Waals surface area (Å²) in [6.45, 7) is 0.634. The molecule has 0 bridgehead atoms. The van der Waals surface area contributed by atoms with Crippen LogP contribution >= 0.6 is 0 Å². The smallest absolute Gasteiger partial charge is 0.550 e. The van der Waals surface area contributed by atoms with Crippen LogP contribution in [0.4, 0.5) is 0 Å². The van der Waals surface area contributed by atoms with Gasteiger partial charge in [0, 0.05) is 25.5 Å². The van der Waals surface area contributed by atoms with Gasteiger partial charge in [0.1, 0.15) is 48.8 Å². The maximum absolute atomic E-state index is 13.4. The molecule has 9 atom stereocenters. The molecule has 0 radical (unpaired) electrons. The van der Waals surface area contributed by atoms with Gasteiger partial charge in [-0.3, -0.25) is 4.79 Å². The van der Waals surface area contributed by atoms with Gasteiger partial charge in [0.15, 0.2) is 6.29 Å². The molecule has 0 aromatic rings. The van der Waals surface area contributed by atoms with Gasteiger partial charge in [-0.25, -0.2) is 0 Å². The van der Waals surface area contributed by atoms with Crippen molar-refractivity contribution in [2.24, 2.45) is 0 Å². The number of unbranched alkanes of at least 4 members (excludes halogenated alkanes) is 19. The Hall–Kier alpha value is -0.460. The molecule has 1 amide bonds. The van der Waals surface area contributed by atoms with Crippen molar-refractivity contribution in [2.45, 2.75) is 210 Å². The largest absolute Gasteiger partial charge is 1.00 e. The molecule has 1 aliphatic heterocycles. The standard InChI is InChI=1S/C39H75NO13.Na/c1-2-3-4-5-6-7-8-9-10-11-14-17-20-23-32(45)40(25-22-19-16-13-12-15-18-21-24-33(46)47)26-29(43)34(48)38(30(44)27-41)53-39-37(51)36(50)35(49)31(28-42)52-39;/h29-31,34-39,41-44,48-51H,2-28H2,1H3,(H,46,47);/q;+1/p-1/t29?,30?,31-,34?,35+,36+,37-,38?,39+;/m1./s1. The number of carboxylic acids is 1. The molecule has 1 aliphatic rings. The van der Waals surface area contributed by atoms with E-state index in [-0.39, 0.29) is 54.9 Å². The first-order valence-corrected chi connectivity index (χ1v) is 20.6. The predicted molar refractivity (Wildman–Crippen MR) is 197 cm³/mol. The minimum atomic E-state index is -1.87. The van der Waals surface area contributed by atoms with E-state index in [4.69, 9.17) is 9.47 Å². The molecule has 1 saturated heterocycles. The number of ether oxygens (including phenoxy) is 2. The third-order valence-corrected chi connectivity index (χ3v) is 10.3. The average Bonchev–Trinajstić information content (AvgIpc) is 3.14. The van der Waals surface area contributed by atoms with Crippen LogP contribution < -0.4 is 34.7 Å². The Morgan fingerprint density at radius 1 is 0.667 bits per heavy atom. The zero-order chi connectivity index (χ0) is 39.4. The van der Waals surface area contributed by atoms with Gasteiger partial charge in [0.25, 0.3) is 0 Å². The first-order chi connectivity index (χ1) is 25.5. The number of hydrogen-bond acceptors (Lipinski definition) is 13. The second kappa shape index (κ2) is 33.5. The molecule has 0 aromatic heterocycles. The number of nitrogens with zero attached hydrogens (tertiary/aromatic N) is 1. The monoisotopic (exact) mass is 788 g/mol. The fraction of sp³-hybridized carbons (Fsp3) is 0.949. The van der Waals surface area contributed by atoms with Gasteiger partial charge in [-0.05, 0) is 25.7 Å². The molecule has 4 unspecified atom stereocenters. The van der Waals surface area contributed by atoms with E-state index in [0.717, 1.165) is 57.8 Å². The third-order valence-electron chi connectivity index (χ3n) is 10.3. The van der Waals surface area contributed by atoms with Crippen molar-refractivity contribution in [1.82, 2.24) is 4.90 Å². The number of carbonyl (C=O) groups excluding carboxylic acids is 2. The van der Waals surface area contributed by atoms with Crippen molar-refractivity contribution in [2.75, 3.05) is 26.3 Å². The summed E-state index contributed by atoms with van der Waals surface area (Å²) in [6, 6.07) is 0. The summed E-state index contributed by atoms with van der Waals surface area (Å²) < 4.78 is 10.9. The Labute approximate surface area is 345 Å².